The molecule has 0 saturated heterocycles. The first-order chi connectivity index (χ1) is 11.3. The standard InChI is InChI=1S/C23H32O/c1-16(2)17-6-7-19-15-22(11-8-18(19)14-17)24-21-12-9-20(10-13-21)23(3,4)5/h6-8,11,14-16,20-21H,9-10,12-13H2,1-5H3/t20-,21-. The summed E-state index contributed by atoms with van der Waals surface area (Å²) in [7, 11) is 0. The van der Waals surface area contributed by atoms with Crippen molar-refractivity contribution < 1.29 is 4.74 Å². The minimum atomic E-state index is 0.385. The van der Waals surface area contributed by atoms with Crippen molar-refractivity contribution in [3.05, 3.63) is 42.0 Å². The van der Waals surface area contributed by atoms with Crippen molar-refractivity contribution in [3.63, 3.8) is 0 Å². The normalized spacial score (nSPS) is 22.1. The molecule has 1 fully saturated rings. The minimum Gasteiger partial charge on any atom is -0.490 e. The number of benzene rings is 2. The topological polar surface area (TPSA) is 9.23 Å². The number of ether oxygens (including phenoxy) is 1. The molecule has 1 aliphatic rings. The number of hydrogen-bond donors (Lipinski definition) is 0. The molecule has 1 saturated carbocycles. The molecule has 0 atom stereocenters. The van der Waals surface area contributed by atoms with Crippen molar-refractivity contribution in [2.45, 2.75) is 72.3 Å². The molecule has 0 N–H and O–H groups in total. The maximum Gasteiger partial charge on any atom is 0.120 e. The third-order valence-electron chi connectivity index (χ3n) is 5.70. The molecule has 0 amide bonds. The Morgan fingerprint density at radius 2 is 1.50 bits per heavy atom. The highest BCUT2D eigenvalue weighted by Gasteiger charge is 2.30. The second-order valence-corrected chi connectivity index (χ2v) is 8.88. The van der Waals surface area contributed by atoms with E-state index in [9.17, 15) is 0 Å². The van der Waals surface area contributed by atoms with Crippen LogP contribution in [0, 0.1) is 11.3 Å². The van der Waals surface area contributed by atoms with E-state index in [1.807, 2.05) is 0 Å². The Hall–Kier alpha value is -1.50. The Kier molecular flexibility index (Phi) is 4.90. The highest BCUT2D eigenvalue weighted by molar-refractivity contribution is 5.84. The fourth-order valence-electron chi connectivity index (χ4n) is 3.91. The van der Waals surface area contributed by atoms with Gasteiger partial charge >= 0.3 is 0 Å². The summed E-state index contributed by atoms with van der Waals surface area (Å²) in [5.74, 6) is 2.44. The maximum atomic E-state index is 6.30. The first-order valence-electron chi connectivity index (χ1n) is 9.53. The molecule has 2 aromatic carbocycles. The lowest BCUT2D eigenvalue weighted by Crippen LogP contribution is -2.30. The maximum absolute atomic E-state index is 6.30. The largest absolute Gasteiger partial charge is 0.490 e. The predicted molar refractivity (Wildman–Crippen MR) is 104 cm³/mol. The quantitative estimate of drug-likeness (QED) is 0.593. The van der Waals surface area contributed by atoms with E-state index in [1.54, 1.807) is 0 Å². The lowest BCUT2D eigenvalue weighted by atomic mass is 9.72. The number of fused-ring (bicyclic) bond motifs is 1. The monoisotopic (exact) mass is 324 g/mol. The molecule has 1 heteroatoms. The van der Waals surface area contributed by atoms with Gasteiger partial charge in [0.15, 0.2) is 0 Å². The van der Waals surface area contributed by atoms with E-state index in [4.69, 9.17) is 4.74 Å². The van der Waals surface area contributed by atoms with Crippen LogP contribution < -0.4 is 4.74 Å². The van der Waals surface area contributed by atoms with Crippen LogP contribution in [-0.2, 0) is 0 Å². The van der Waals surface area contributed by atoms with Crippen LogP contribution in [0.3, 0.4) is 0 Å². The van der Waals surface area contributed by atoms with Crippen LogP contribution in [0.1, 0.15) is 71.8 Å². The molecule has 130 valence electrons. The average molecular weight is 325 g/mol. The molecule has 0 spiro atoms. The summed E-state index contributed by atoms with van der Waals surface area (Å²) in [6, 6.07) is 13.3. The van der Waals surface area contributed by atoms with Crippen LogP contribution in [0.15, 0.2) is 36.4 Å². The average Bonchev–Trinajstić information content (AvgIpc) is 2.54. The molecule has 0 unspecified atom stereocenters. The summed E-state index contributed by atoms with van der Waals surface area (Å²) in [6.45, 7) is 11.6. The fourth-order valence-corrected chi connectivity index (χ4v) is 3.91. The summed E-state index contributed by atoms with van der Waals surface area (Å²) >= 11 is 0. The molecule has 0 aliphatic heterocycles. The summed E-state index contributed by atoms with van der Waals surface area (Å²) < 4.78 is 6.30. The van der Waals surface area contributed by atoms with E-state index in [-0.39, 0.29) is 0 Å². The van der Waals surface area contributed by atoms with Crippen molar-refractivity contribution in [1.82, 2.24) is 0 Å². The van der Waals surface area contributed by atoms with Gasteiger partial charge in [0.25, 0.3) is 0 Å². The molecular formula is C23H32O. The Morgan fingerprint density at radius 1 is 0.875 bits per heavy atom. The highest BCUT2D eigenvalue weighted by Crippen LogP contribution is 2.39. The van der Waals surface area contributed by atoms with E-state index in [0.717, 1.165) is 11.7 Å². The summed E-state index contributed by atoms with van der Waals surface area (Å²) in [5.41, 5.74) is 1.83. The van der Waals surface area contributed by atoms with Crippen molar-refractivity contribution in [1.29, 1.82) is 0 Å². The molecule has 24 heavy (non-hydrogen) atoms. The summed E-state index contributed by atoms with van der Waals surface area (Å²) in [4.78, 5) is 0. The second-order valence-electron chi connectivity index (χ2n) is 8.88. The van der Waals surface area contributed by atoms with E-state index in [0.29, 0.717) is 17.4 Å². The molecule has 0 aromatic heterocycles. The van der Waals surface area contributed by atoms with Gasteiger partial charge in [-0.25, -0.2) is 0 Å². The zero-order valence-electron chi connectivity index (χ0n) is 15.9. The zero-order valence-corrected chi connectivity index (χ0v) is 15.9. The highest BCUT2D eigenvalue weighted by atomic mass is 16.5. The van der Waals surface area contributed by atoms with E-state index in [2.05, 4.69) is 71.0 Å². The van der Waals surface area contributed by atoms with Crippen molar-refractivity contribution in [3.8, 4) is 5.75 Å². The van der Waals surface area contributed by atoms with Gasteiger partial charge in [0.1, 0.15) is 5.75 Å². The van der Waals surface area contributed by atoms with Crippen LogP contribution in [0.5, 0.6) is 5.75 Å². The number of hydrogen-bond acceptors (Lipinski definition) is 1. The lowest BCUT2D eigenvalue weighted by Gasteiger charge is -2.37. The smallest absolute Gasteiger partial charge is 0.120 e. The van der Waals surface area contributed by atoms with Gasteiger partial charge < -0.3 is 4.74 Å². The molecule has 0 radical (unpaired) electrons. The molecule has 2 aromatic rings. The van der Waals surface area contributed by atoms with Crippen molar-refractivity contribution in [2.75, 3.05) is 0 Å². The first kappa shape index (κ1) is 17.3. The van der Waals surface area contributed by atoms with Gasteiger partial charge in [0.05, 0.1) is 6.10 Å². The van der Waals surface area contributed by atoms with Gasteiger partial charge in [-0.1, -0.05) is 58.9 Å². The molecule has 1 aliphatic carbocycles. The van der Waals surface area contributed by atoms with Crippen LogP contribution in [0.4, 0.5) is 0 Å². The van der Waals surface area contributed by atoms with Gasteiger partial charge in [0.2, 0.25) is 0 Å². The second kappa shape index (κ2) is 6.78. The van der Waals surface area contributed by atoms with Crippen LogP contribution in [0.25, 0.3) is 10.8 Å². The number of rotatable bonds is 3. The molecule has 1 nitrogen and oxygen atoms in total. The molecule has 0 heterocycles. The summed E-state index contributed by atoms with van der Waals surface area (Å²) in [6.07, 6.45) is 5.34. The van der Waals surface area contributed by atoms with E-state index in [1.165, 1.54) is 42.0 Å². The Balaban J connectivity index is 1.67. The minimum absolute atomic E-state index is 0.385. The van der Waals surface area contributed by atoms with Crippen LogP contribution in [-0.4, -0.2) is 6.10 Å². The Bertz CT molecular complexity index is 685. The fraction of sp³-hybridized carbons (Fsp3) is 0.565. The van der Waals surface area contributed by atoms with Gasteiger partial charge in [0, 0.05) is 0 Å². The lowest BCUT2D eigenvalue weighted by molar-refractivity contribution is 0.0883. The van der Waals surface area contributed by atoms with Gasteiger partial charge in [-0.3, -0.25) is 0 Å². The third-order valence-corrected chi connectivity index (χ3v) is 5.70. The van der Waals surface area contributed by atoms with Crippen molar-refractivity contribution in [2.24, 2.45) is 11.3 Å². The summed E-state index contributed by atoms with van der Waals surface area (Å²) in [5, 5.41) is 2.59. The third kappa shape index (κ3) is 3.94. The van der Waals surface area contributed by atoms with Gasteiger partial charge in [-0.05, 0) is 71.4 Å². The van der Waals surface area contributed by atoms with Crippen LogP contribution in [0.2, 0.25) is 0 Å². The Labute approximate surface area is 147 Å². The zero-order chi connectivity index (χ0) is 17.3. The molecule has 3 rings (SSSR count). The van der Waals surface area contributed by atoms with Gasteiger partial charge in [-0.2, -0.15) is 0 Å². The predicted octanol–water partition coefficient (Wildman–Crippen LogP) is 6.95. The van der Waals surface area contributed by atoms with Gasteiger partial charge in [-0.15, -0.1) is 0 Å². The van der Waals surface area contributed by atoms with Crippen molar-refractivity contribution >= 4 is 10.8 Å². The Morgan fingerprint density at radius 3 is 2.12 bits per heavy atom. The SMILES string of the molecule is CC(C)c1ccc2cc(O[C@H]3CC[C@H](C(C)(C)C)CC3)ccc2c1. The molecule has 0 bridgehead atoms. The van der Waals surface area contributed by atoms with E-state index < -0.39 is 0 Å². The van der Waals surface area contributed by atoms with Crippen LogP contribution >= 0.6 is 0 Å². The van der Waals surface area contributed by atoms with E-state index >= 15 is 0 Å². The first-order valence-corrected chi connectivity index (χ1v) is 9.53. The molecular weight excluding hydrogens is 292 g/mol.